The van der Waals surface area contributed by atoms with Gasteiger partial charge in [-0.2, -0.15) is 0 Å². The van der Waals surface area contributed by atoms with Crippen LogP contribution in [0.3, 0.4) is 0 Å². The van der Waals surface area contributed by atoms with E-state index in [1.165, 1.54) is 29.8 Å². The van der Waals surface area contributed by atoms with Gasteiger partial charge in [-0.3, -0.25) is 4.79 Å². The number of carbonyl (C=O) groups is 1. The zero-order chi connectivity index (χ0) is 21.5. The lowest BCUT2D eigenvalue weighted by Crippen LogP contribution is -2.16. The monoisotopic (exact) mass is 405 g/mol. The number of ketones is 1. The lowest BCUT2D eigenvalue weighted by Gasteiger charge is -2.21. The van der Waals surface area contributed by atoms with Crippen molar-refractivity contribution >= 4 is 11.5 Å². The van der Waals surface area contributed by atoms with Gasteiger partial charge in [-0.1, -0.05) is 38.1 Å². The Morgan fingerprint density at radius 3 is 2.07 bits per heavy atom. The fraction of sp³-hybridized carbons (Fsp3) is 0.269. The largest absolute Gasteiger partial charge is 0.494 e. The number of benzene rings is 3. The van der Waals surface area contributed by atoms with Gasteiger partial charge in [0.05, 0.1) is 12.6 Å². The molecule has 0 aliphatic heterocycles. The number of halogens is 1. The van der Waals surface area contributed by atoms with Crippen molar-refractivity contribution in [3.8, 4) is 5.75 Å². The summed E-state index contributed by atoms with van der Waals surface area (Å²) in [5.74, 6) is 0.868. The van der Waals surface area contributed by atoms with Gasteiger partial charge in [0.1, 0.15) is 11.6 Å². The van der Waals surface area contributed by atoms with Gasteiger partial charge in [-0.05, 0) is 72.5 Å². The van der Waals surface area contributed by atoms with Gasteiger partial charge in [0.15, 0.2) is 5.78 Å². The summed E-state index contributed by atoms with van der Waals surface area (Å²) < 4.78 is 18.7. The molecule has 0 amide bonds. The van der Waals surface area contributed by atoms with Crippen molar-refractivity contribution in [2.75, 3.05) is 11.9 Å². The van der Waals surface area contributed by atoms with Crippen molar-refractivity contribution in [3.05, 3.63) is 95.3 Å². The first-order chi connectivity index (χ1) is 14.5. The second kappa shape index (κ2) is 10.1. The molecule has 3 rings (SSSR count). The Kier molecular flexibility index (Phi) is 7.23. The number of anilines is 1. The number of carbonyl (C=O) groups excluding carboxylic acids is 1. The molecule has 0 heterocycles. The van der Waals surface area contributed by atoms with Crippen LogP contribution in [-0.4, -0.2) is 12.4 Å². The minimum absolute atomic E-state index is 0.0358. The van der Waals surface area contributed by atoms with Crippen molar-refractivity contribution in [2.45, 2.75) is 39.2 Å². The third-order valence-corrected chi connectivity index (χ3v) is 5.07. The molecule has 0 bridgehead atoms. The maximum Gasteiger partial charge on any atom is 0.165 e. The molecule has 156 valence electrons. The van der Waals surface area contributed by atoms with Crippen LogP contribution in [0, 0.1) is 5.82 Å². The molecule has 0 radical (unpaired) electrons. The zero-order valence-corrected chi connectivity index (χ0v) is 17.7. The second-order valence-corrected chi connectivity index (χ2v) is 7.61. The molecule has 0 aliphatic carbocycles. The van der Waals surface area contributed by atoms with Crippen LogP contribution in [0.1, 0.15) is 60.6 Å². The van der Waals surface area contributed by atoms with Crippen LogP contribution in [-0.2, 0) is 0 Å². The molecule has 3 aromatic carbocycles. The van der Waals surface area contributed by atoms with Crippen molar-refractivity contribution in [1.29, 1.82) is 0 Å². The van der Waals surface area contributed by atoms with Crippen molar-refractivity contribution < 1.29 is 13.9 Å². The van der Waals surface area contributed by atoms with Crippen molar-refractivity contribution in [3.63, 3.8) is 0 Å². The average molecular weight is 406 g/mol. The van der Waals surface area contributed by atoms with Crippen LogP contribution in [0.5, 0.6) is 5.75 Å². The third kappa shape index (κ3) is 5.69. The van der Waals surface area contributed by atoms with E-state index < -0.39 is 0 Å². The normalized spacial score (nSPS) is 11.9. The highest BCUT2D eigenvalue weighted by molar-refractivity contribution is 5.96. The summed E-state index contributed by atoms with van der Waals surface area (Å²) in [6.07, 6.45) is 0.264. The smallest absolute Gasteiger partial charge is 0.165 e. The van der Waals surface area contributed by atoms with E-state index in [0.29, 0.717) is 18.1 Å². The number of nitrogens with one attached hydrogen (secondary N) is 1. The Labute approximate surface area is 177 Å². The SMILES string of the molecule is CCOc1ccc(NC(CC(=O)c2ccc(F)cc2)c2ccc(C(C)C)cc2)cc1. The Bertz CT molecular complexity index is 948. The molecule has 0 saturated carbocycles. The van der Waals surface area contributed by atoms with Gasteiger partial charge in [0.25, 0.3) is 0 Å². The number of hydrogen-bond acceptors (Lipinski definition) is 3. The van der Waals surface area contributed by atoms with Gasteiger partial charge in [-0.25, -0.2) is 4.39 Å². The summed E-state index contributed by atoms with van der Waals surface area (Å²) in [7, 11) is 0. The van der Waals surface area contributed by atoms with Gasteiger partial charge in [0.2, 0.25) is 0 Å². The Hall–Kier alpha value is -3.14. The molecule has 0 fully saturated rings. The molecule has 3 nitrogen and oxygen atoms in total. The Morgan fingerprint density at radius 1 is 0.900 bits per heavy atom. The number of rotatable bonds is 9. The molecule has 1 unspecified atom stereocenters. The first-order valence-corrected chi connectivity index (χ1v) is 10.3. The highest BCUT2D eigenvalue weighted by atomic mass is 19.1. The molecule has 1 atom stereocenters. The van der Waals surface area contributed by atoms with Crippen molar-refractivity contribution in [1.82, 2.24) is 0 Å². The Morgan fingerprint density at radius 2 is 1.50 bits per heavy atom. The maximum atomic E-state index is 13.2. The van der Waals surface area contributed by atoms with Crippen LogP contribution < -0.4 is 10.1 Å². The van der Waals surface area contributed by atoms with E-state index >= 15 is 0 Å². The lowest BCUT2D eigenvalue weighted by atomic mass is 9.95. The third-order valence-electron chi connectivity index (χ3n) is 5.07. The summed E-state index contributed by atoms with van der Waals surface area (Å²) in [6.45, 7) is 6.87. The summed E-state index contributed by atoms with van der Waals surface area (Å²) in [4.78, 5) is 12.9. The van der Waals surface area contributed by atoms with Gasteiger partial charge >= 0.3 is 0 Å². The van der Waals surface area contributed by atoms with Crippen LogP contribution in [0.2, 0.25) is 0 Å². The average Bonchev–Trinajstić information content (AvgIpc) is 2.75. The minimum atomic E-state index is -0.347. The standard InChI is InChI=1S/C26H28FNO2/c1-4-30-24-15-13-23(14-16-24)28-25(20-7-5-19(6-8-20)18(2)3)17-26(29)21-9-11-22(27)12-10-21/h5-16,18,25,28H,4,17H2,1-3H3. The van der Waals surface area contributed by atoms with E-state index in [-0.39, 0.29) is 24.1 Å². The summed E-state index contributed by atoms with van der Waals surface area (Å²) in [5, 5.41) is 3.47. The van der Waals surface area contributed by atoms with E-state index in [2.05, 4.69) is 43.4 Å². The maximum absolute atomic E-state index is 13.2. The van der Waals surface area contributed by atoms with Crippen molar-refractivity contribution in [2.24, 2.45) is 0 Å². The minimum Gasteiger partial charge on any atom is -0.494 e. The second-order valence-electron chi connectivity index (χ2n) is 7.61. The number of ether oxygens (including phenoxy) is 1. The fourth-order valence-electron chi connectivity index (χ4n) is 3.32. The molecule has 1 N–H and O–H groups in total. The highest BCUT2D eigenvalue weighted by Crippen LogP contribution is 2.27. The topological polar surface area (TPSA) is 38.3 Å². The predicted molar refractivity (Wildman–Crippen MR) is 120 cm³/mol. The molecule has 3 aromatic rings. The summed E-state index contributed by atoms with van der Waals surface area (Å²) >= 11 is 0. The fourth-order valence-corrected chi connectivity index (χ4v) is 3.32. The lowest BCUT2D eigenvalue weighted by molar-refractivity contribution is 0.0976. The predicted octanol–water partition coefficient (Wildman–Crippen LogP) is 6.77. The van der Waals surface area contributed by atoms with Crippen LogP contribution in [0.4, 0.5) is 10.1 Å². The zero-order valence-electron chi connectivity index (χ0n) is 17.7. The Balaban J connectivity index is 1.83. The molecule has 30 heavy (non-hydrogen) atoms. The first kappa shape index (κ1) is 21.6. The quantitative estimate of drug-likeness (QED) is 0.399. The molecular weight excluding hydrogens is 377 g/mol. The van der Waals surface area contributed by atoms with E-state index in [1.54, 1.807) is 0 Å². The number of Topliss-reactive ketones (excluding diaryl/α,β-unsaturated/α-hetero) is 1. The van der Waals surface area contributed by atoms with Crippen LogP contribution in [0.15, 0.2) is 72.8 Å². The summed E-state index contributed by atoms with van der Waals surface area (Å²) in [6, 6.07) is 21.6. The van der Waals surface area contributed by atoms with E-state index in [0.717, 1.165) is 17.0 Å². The van der Waals surface area contributed by atoms with Gasteiger partial charge in [-0.15, -0.1) is 0 Å². The van der Waals surface area contributed by atoms with Gasteiger partial charge < -0.3 is 10.1 Å². The molecular formula is C26H28FNO2. The summed E-state index contributed by atoms with van der Waals surface area (Å²) in [5.41, 5.74) is 3.70. The molecule has 0 aromatic heterocycles. The van der Waals surface area contributed by atoms with Crippen LogP contribution >= 0.6 is 0 Å². The van der Waals surface area contributed by atoms with E-state index in [4.69, 9.17) is 4.74 Å². The number of hydrogen-bond donors (Lipinski definition) is 1. The van der Waals surface area contributed by atoms with E-state index in [9.17, 15) is 9.18 Å². The highest BCUT2D eigenvalue weighted by Gasteiger charge is 2.18. The molecule has 0 spiro atoms. The molecule has 0 aliphatic rings. The van der Waals surface area contributed by atoms with Gasteiger partial charge in [0, 0.05) is 17.7 Å². The molecule has 4 heteroatoms. The molecule has 0 saturated heterocycles. The first-order valence-electron chi connectivity index (χ1n) is 10.3. The van der Waals surface area contributed by atoms with Crippen LogP contribution in [0.25, 0.3) is 0 Å². The van der Waals surface area contributed by atoms with E-state index in [1.807, 2.05) is 31.2 Å².